The van der Waals surface area contributed by atoms with Crippen molar-refractivity contribution in [2.45, 2.75) is 20.8 Å². The zero-order valence-electron chi connectivity index (χ0n) is 17.0. The Balaban J connectivity index is 1.82. The lowest BCUT2D eigenvalue weighted by Crippen LogP contribution is -2.28. The number of hydrogen-bond donors (Lipinski definition) is 2. The zero-order valence-corrected chi connectivity index (χ0v) is 17.0. The number of benzene rings is 2. The van der Waals surface area contributed by atoms with E-state index in [0.29, 0.717) is 34.6 Å². The smallest absolute Gasteiger partial charge is 0.279 e. The Morgan fingerprint density at radius 3 is 2.43 bits per heavy atom. The average Bonchev–Trinajstić information content (AvgIpc) is 3.16. The van der Waals surface area contributed by atoms with E-state index in [1.54, 1.807) is 23.1 Å². The van der Waals surface area contributed by atoms with Gasteiger partial charge in [0.05, 0.1) is 11.1 Å². The van der Waals surface area contributed by atoms with Gasteiger partial charge < -0.3 is 10.2 Å². The fourth-order valence-corrected chi connectivity index (χ4v) is 3.42. The first-order valence-electron chi connectivity index (χ1n) is 9.67. The molecule has 0 bridgehead atoms. The summed E-state index contributed by atoms with van der Waals surface area (Å²) in [5, 5.41) is 16.1. The van der Waals surface area contributed by atoms with Gasteiger partial charge >= 0.3 is 0 Å². The third kappa shape index (κ3) is 3.55. The highest BCUT2D eigenvalue weighted by atomic mass is 16.2. The second-order valence-electron chi connectivity index (χ2n) is 6.95. The van der Waals surface area contributed by atoms with E-state index in [1.807, 2.05) is 50.2 Å². The molecule has 4 rings (SSSR count). The molecule has 0 unspecified atom stereocenters. The van der Waals surface area contributed by atoms with Gasteiger partial charge in [0.25, 0.3) is 5.56 Å². The standard InChI is InChI=1S/C22H22N6O2/c1-4-27(15(3)29)16-9-11-17(12-10-16)28-22(30)19-8-6-5-7-18(19)21(26-28)23-20-13-14(2)24-25-20/h5-13H,4H2,1-3H3,(H2,23,24,25,26). The summed E-state index contributed by atoms with van der Waals surface area (Å²) in [7, 11) is 0. The van der Waals surface area contributed by atoms with Crippen molar-refractivity contribution >= 4 is 34.0 Å². The second-order valence-corrected chi connectivity index (χ2v) is 6.95. The van der Waals surface area contributed by atoms with Gasteiger partial charge in [-0.2, -0.15) is 9.78 Å². The number of fused-ring (bicyclic) bond motifs is 1. The van der Waals surface area contributed by atoms with Crippen LogP contribution in [0, 0.1) is 6.92 Å². The number of nitrogens with zero attached hydrogens (tertiary/aromatic N) is 4. The van der Waals surface area contributed by atoms with E-state index in [2.05, 4.69) is 20.6 Å². The first-order valence-corrected chi connectivity index (χ1v) is 9.67. The monoisotopic (exact) mass is 402 g/mol. The summed E-state index contributed by atoms with van der Waals surface area (Å²) < 4.78 is 1.36. The van der Waals surface area contributed by atoms with Crippen LogP contribution in [-0.2, 0) is 4.79 Å². The normalized spacial score (nSPS) is 10.9. The lowest BCUT2D eigenvalue weighted by molar-refractivity contribution is -0.116. The molecule has 0 saturated carbocycles. The fourth-order valence-electron chi connectivity index (χ4n) is 3.42. The minimum absolute atomic E-state index is 0.0352. The first kappa shape index (κ1) is 19.4. The molecule has 0 spiro atoms. The summed E-state index contributed by atoms with van der Waals surface area (Å²) in [5.41, 5.74) is 2.07. The molecule has 0 fully saturated rings. The summed E-state index contributed by atoms with van der Waals surface area (Å²) in [6.45, 7) is 5.92. The van der Waals surface area contributed by atoms with Crippen LogP contribution in [0.1, 0.15) is 19.5 Å². The van der Waals surface area contributed by atoms with Gasteiger partial charge in [-0.25, -0.2) is 0 Å². The molecule has 0 saturated heterocycles. The van der Waals surface area contributed by atoms with E-state index >= 15 is 0 Å². The highest BCUT2D eigenvalue weighted by Gasteiger charge is 2.14. The molecule has 8 nitrogen and oxygen atoms in total. The number of carbonyl (C=O) groups excluding carboxylic acids is 1. The van der Waals surface area contributed by atoms with Crippen LogP contribution in [0.3, 0.4) is 0 Å². The van der Waals surface area contributed by atoms with Crippen LogP contribution in [0.2, 0.25) is 0 Å². The van der Waals surface area contributed by atoms with E-state index in [1.165, 1.54) is 11.6 Å². The minimum atomic E-state index is -0.221. The molecule has 4 aromatic rings. The lowest BCUT2D eigenvalue weighted by atomic mass is 10.2. The predicted octanol–water partition coefficient (Wildman–Crippen LogP) is 3.53. The van der Waals surface area contributed by atoms with E-state index < -0.39 is 0 Å². The van der Waals surface area contributed by atoms with Crippen molar-refractivity contribution in [2.75, 3.05) is 16.8 Å². The SMILES string of the molecule is CCN(C(C)=O)c1ccc(-n2nc(Nc3cc(C)[nH]n3)c3ccccc3c2=O)cc1. The van der Waals surface area contributed by atoms with E-state index in [9.17, 15) is 9.59 Å². The first-order chi connectivity index (χ1) is 14.5. The average molecular weight is 402 g/mol. The third-order valence-electron chi connectivity index (χ3n) is 4.86. The van der Waals surface area contributed by atoms with Gasteiger partial charge in [0.15, 0.2) is 11.6 Å². The molecular formula is C22H22N6O2. The molecule has 0 aliphatic heterocycles. The van der Waals surface area contributed by atoms with Crippen LogP contribution in [-0.4, -0.2) is 32.4 Å². The lowest BCUT2D eigenvalue weighted by Gasteiger charge is -2.19. The Hall–Kier alpha value is -3.94. The molecule has 0 atom stereocenters. The van der Waals surface area contributed by atoms with Gasteiger partial charge in [-0.3, -0.25) is 14.7 Å². The van der Waals surface area contributed by atoms with E-state index in [0.717, 1.165) is 11.4 Å². The Bertz CT molecular complexity index is 1270. The molecule has 2 N–H and O–H groups in total. The number of amides is 1. The number of aryl methyl sites for hydroxylation is 1. The Labute approximate surface area is 173 Å². The Morgan fingerprint density at radius 2 is 1.83 bits per heavy atom. The molecule has 0 aliphatic rings. The minimum Gasteiger partial charge on any atom is -0.321 e. The zero-order chi connectivity index (χ0) is 21.3. The van der Waals surface area contributed by atoms with Gasteiger partial charge in [0, 0.05) is 36.3 Å². The Kier molecular flexibility index (Phi) is 5.05. The molecule has 2 aromatic heterocycles. The molecule has 2 aromatic carbocycles. The molecular weight excluding hydrogens is 380 g/mol. The van der Waals surface area contributed by atoms with Gasteiger partial charge in [-0.05, 0) is 44.2 Å². The molecule has 0 radical (unpaired) electrons. The van der Waals surface area contributed by atoms with Crippen LogP contribution in [0.15, 0.2) is 59.4 Å². The molecule has 152 valence electrons. The van der Waals surface area contributed by atoms with Gasteiger partial charge in [-0.15, -0.1) is 5.10 Å². The summed E-state index contributed by atoms with van der Waals surface area (Å²) in [5.74, 6) is 1.11. The van der Waals surface area contributed by atoms with Gasteiger partial charge in [-0.1, -0.05) is 18.2 Å². The van der Waals surface area contributed by atoms with Crippen LogP contribution in [0.4, 0.5) is 17.3 Å². The quantitative estimate of drug-likeness (QED) is 0.532. The maximum absolute atomic E-state index is 13.1. The fraction of sp³-hybridized carbons (Fsp3) is 0.182. The number of nitrogens with one attached hydrogen (secondary N) is 2. The number of anilines is 3. The highest BCUT2D eigenvalue weighted by Crippen LogP contribution is 2.23. The molecule has 2 heterocycles. The maximum Gasteiger partial charge on any atom is 0.279 e. The summed E-state index contributed by atoms with van der Waals surface area (Å²) in [6, 6.07) is 16.4. The van der Waals surface area contributed by atoms with Crippen LogP contribution in [0.25, 0.3) is 16.5 Å². The number of hydrogen-bond acceptors (Lipinski definition) is 5. The van der Waals surface area contributed by atoms with Crippen molar-refractivity contribution in [3.63, 3.8) is 0 Å². The summed E-state index contributed by atoms with van der Waals surface area (Å²) in [4.78, 5) is 26.6. The summed E-state index contributed by atoms with van der Waals surface area (Å²) in [6.07, 6.45) is 0. The third-order valence-corrected chi connectivity index (χ3v) is 4.86. The molecule has 30 heavy (non-hydrogen) atoms. The van der Waals surface area contributed by atoms with Crippen LogP contribution in [0.5, 0.6) is 0 Å². The molecule has 0 aliphatic carbocycles. The number of H-pyrrole nitrogens is 1. The molecule has 8 heteroatoms. The second kappa shape index (κ2) is 7.82. The highest BCUT2D eigenvalue weighted by molar-refractivity contribution is 5.93. The molecule has 1 amide bonds. The number of aromatic amines is 1. The Morgan fingerprint density at radius 1 is 1.13 bits per heavy atom. The van der Waals surface area contributed by atoms with Crippen LogP contribution < -0.4 is 15.8 Å². The number of carbonyl (C=O) groups is 1. The van der Waals surface area contributed by atoms with Crippen molar-refractivity contribution in [1.82, 2.24) is 20.0 Å². The topological polar surface area (TPSA) is 95.9 Å². The van der Waals surface area contributed by atoms with E-state index in [-0.39, 0.29) is 11.5 Å². The van der Waals surface area contributed by atoms with Gasteiger partial charge in [0.1, 0.15) is 0 Å². The maximum atomic E-state index is 13.1. The van der Waals surface area contributed by atoms with Crippen molar-refractivity contribution in [2.24, 2.45) is 0 Å². The van der Waals surface area contributed by atoms with Gasteiger partial charge in [0.2, 0.25) is 5.91 Å². The number of aromatic nitrogens is 4. The van der Waals surface area contributed by atoms with E-state index in [4.69, 9.17) is 0 Å². The van der Waals surface area contributed by atoms with Crippen molar-refractivity contribution in [3.05, 3.63) is 70.6 Å². The van der Waals surface area contributed by atoms with Crippen molar-refractivity contribution in [3.8, 4) is 5.69 Å². The largest absolute Gasteiger partial charge is 0.321 e. The summed E-state index contributed by atoms with van der Waals surface area (Å²) >= 11 is 0. The van der Waals surface area contributed by atoms with Crippen molar-refractivity contribution in [1.29, 1.82) is 0 Å². The van der Waals surface area contributed by atoms with Crippen molar-refractivity contribution < 1.29 is 4.79 Å². The predicted molar refractivity (Wildman–Crippen MR) is 118 cm³/mol. The van der Waals surface area contributed by atoms with Crippen LogP contribution >= 0.6 is 0 Å². The number of rotatable bonds is 5.